The molecule has 36 heavy (non-hydrogen) atoms. The number of nitrogens with one attached hydrogen (secondary N) is 2. The molecule has 0 unspecified atom stereocenters. The summed E-state index contributed by atoms with van der Waals surface area (Å²) in [6.07, 6.45) is 2.15. The smallest absolute Gasteiger partial charge is 0.321 e. The van der Waals surface area contributed by atoms with Crippen molar-refractivity contribution in [2.45, 2.75) is 25.6 Å². The molecule has 0 saturated heterocycles. The standard InChI is InChI=1S/C27H23ClFN5O2/c28-22-13-20(29)11-10-18(22)16-34-32-25(26(33-34)17-6-2-1-3-7-17)15-31-24(27(35)36)12-19-14-30-23-9-5-4-8-21(19)23/h1-11,13-14,24,30-31H,12,15-16H2,(H,35,36)/t24-/m0/s1. The monoisotopic (exact) mass is 503 g/mol. The van der Waals surface area contributed by atoms with Crippen LogP contribution in [0.25, 0.3) is 22.2 Å². The van der Waals surface area contributed by atoms with E-state index in [2.05, 4.69) is 20.5 Å². The lowest BCUT2D eigenvalue weighted by molar-refractivity contribution is -0.139. The van der Waals surface area contributed by atoms with Crippen LogP contribution in [0.5, 0.6) is 0 Å². The summed E-state index contributed by atoms with van der Waals surface area (Å²) in [6, 6.07) is 20.7. The van der Waals surface area contributed by atoms with Crippen molar-refractivity contribution in [1.29, 1.82) is 0 Å². The first kappa shape index (κ1) is 23.7. The van der Waals surface area contributed by atoms with Crippen LogP contribution >= 0.6 is 11.6 Å². The molecule has 5 rings (SSSR count). The number of halogens is 2. The maximum Gasteiger partial charge on any atom is 0.321 e. The Labute approximate surface area is 211 Å². The molecule has 182 valence electrons. The molecule has 1 atom stereocenters. The summed E-state index contributed by atoms with van der Waals surface area (Å²) in [7, 11) is 0. The van der Waals surface area contributed by atoms with E-state index in [0.29, 0.717) is 23.4 Å². The van der Waals surface area contributed by atoms with Crippen molar-refractivity contribution in [3.8, 4) is 11.3 Å². The molecule has 7 nitrogen and oxygen atoms in total. The molecule has 0 saturated carbocycles. The van der Waals surface area contributed by atoms with Crippen LogP contribution in [0.4, 0.5) is 4.39 Å². The number of fused-ring (bicyclic) bond motifs is 1. The number of hydrogen-bond donors (Lipinski definition) is 3. The van der Waals surface area contributed by atoms with Gasteiger partial charge in [-0.3, -0.25) is 10.1 Å². The second kappa shape index (κ2) is 10.3. The minimum absolute atomic E-state index is 0.195. The summed E-state index contributed by atoms with van der Waals surface area (Å²) in [5, 5.41) is 23.6. The minimum Gasteiger partial charge on any atom is -0.480 e. The van der Waals surface area contributed by atoms with Crippen LogP contribution in [-0.4, -0.2) is 37.1 Å². The lowest BCUT2D eigenvalue weighted by atomic mass is 10.0. The van der Waals surface area contributed by atoms with Crippen molar-refractivity contribution >= 4 is 28.5 Å². The highest BCUT2D eigenvalue weighted by atomic mass is 35.5. The molecule has 0 aliphatic carbocycles. The van der Waals surface area contributed by atoms with E-state index in [9.17, 15) is 14.3 Å². The van der Waals surface area contributed by atoms with Crippen molar-refractivity contribution in [3.05, 3.63) is 107 Å². The highest BCUT2D eigenvalue weighted by molar-refractivity contribution is 6.31. The molecule has 3 N–H and O–H groups in total. The van der Waals surface area contributed by atoms with Crippen molar-refractivity contribution in [1.82, 2.24) is 25.3 Å². The summed E-state index contributed by atoms with van der Waals surface area (Å²) in [5.41, 5.74) is 4.65. The van der Waals surface area contributed by atoms with Crippen LogP contribution in [0.3, 0.4) is 0 Å². The number of aromatic nitrogens is 4. The SMILES string of the molecule is O=C(O)[C@H](Cc1c[nH]c2ccccc12)NCc1nn(Cc2ccc(F)cc2Cl)nc1-c1ccccc1. The molecular weight excluding hydrogens is 481 g/mol. The van der Waals surface area contributed by atoms with Crippen molar-refractivity contribution in [2.24, 2.45) is 0 Å². The summed E-state index contributed by atoms with van der Waals surface area (Å²) < 4.78 is 13.5. The van der Waals surface area contributed by atoms with Gasteiger partial charge in [-0.25, -0.2) is 4.39 Å². The van der Waals surface area contributed by atoms with Crippen LogP contribution in [0, 0.1) is 5.82 Å². The van der Waals surface area contributed by atoms with Crippen molar-refractivity contribution < 1.29 is 14.3 Å². The highest BCUT2D eigenvalue weighted by Gasteiger charge is 2.22. The van der Waals surface area contributed by atoms with E-state index in [-0.39, 0.29) is 18.1 Å². The summed E-state index contributed by atoms with van der Waals surface area (Å²) in [4.78, 5) is 16.8. The molecule has 0 spiro atoms. The molecule has 2 aromatic heterocycles. The van der Waals surface area contributed by atoms with Crippen LogP contribution < -0.4 is 5.32 Å². The normalized spacial score (nSPS) is 12.2. The Hall–Kier alpha value is -4.01. The third kappa shape index (κ3) is 5.15. The number of rotatable bonds is 9. The number of carbonyl (C=O) groups is 1. The zero-order valence-corrected chi connectivity index (χ0v) is 19.9. The van der Waals surface area contributed by atoms with E-state index in [1.54, 1.807) is 6.07 Å². The van der Waals surface area contributed by atoms with Gasteiger partial charge in [-0.1, -0.05) is 66.2 Å². The van der Waals surface area contributed by atoms with Gasteiger partial charge in [0.1, 0.15) is 23.2 Å². The third-order valence-corrected chi connectivity index (χ3v) is 6.36. The lowest BCUT2D eigenvalue weighted by Crippen LogP contribution is -2.38. The molecule has 3 aromatic carbocycles. The Balaban J connectivity index is 1.40. The fraction of sp³-hybridized carbons (Fsp3) is 0.148. The van der Waals surface area contributed by atoms with E-state index in [4.69, 9.17) is 11.6 Å². The molecule has 5 aromatic rings. The number of para-hydroxylation sites is 1. The zero-order valence-electron chi connectivity index (χ0n) is 19.2. The lowest BCUT2D eigenvalue weighted by Gasteiger charge is -2.13. The fourth-order valence-corrected chi connectivity index (χ4v) is 4.41. The van der Waals surface area contributed by atoms with Crippen molar-refractivity contribution in [2.75, 3.05) is 0 Å². The molecule has 0 bridgehead atoms. The van der Waals surface area contributed by atoms with Gasteiger partial charge in [0.05, 0.1) is 6.54 Å². The van der Waals surface area contributed by atoms with Gasteiger partial charge in [0, 0.05) is 40.7 Å². The van der Waals surface area contributed by atoms with E-state index < -0.39 is 17.8 Å². The summed E-state index contributed by atoms with van der Waals surface area (Å²) in [5.74, 6) is -1.37. The third-order valence-electron chi connectivity index (χ3n) is 6.01. The Morgan fingerprint density at radius 1 is 1.06 bits per heavy atom. The highest BCUT2D eigenvalue weighted by Crippen LogP contribution is 2.23. The average Bonchev–Trinajstić information content (AvgIpc) is 3.48. The van der Waals surface area contributed by atoms with E-state index >= 15 is 0 Å². The molecule has 2 heterocycles. The Morgan fingerprint density at radius 2 is 1.83 bits per heavy atom. The van der Waals surface area contributed by atoms with Crippen LogP contribution in [0.1, 0.15) is 16.8 Å². The number of carboxylic acids is 1. The minimum atomic E-state index is -0.952. The van der Waals surface area contributed by atoms with Gasteiger partial charge in [0.15, 0.2) is 0 Å². The van der Waals surface area contributed by atoms with Crippen LogP contribution in [0.15, 0.2) is 79.0 Å². The summed E-state index contributed by atoms with van der Waals surface area (Å²) >= 11 is 6.20. The number of hydrogen-bond acceptors (Lipinski definition) is 4. The molecule has 9 heteroatoms. The molecule has 0 radical (unpaired) electrons. The van der Waals surface area contributed by atoms with Gasteiger partial charge in [0.25, 0.3) is 0 Å². The van der Waals surface area contributed by atoms with Gasteiger partial charge in [-0.05, 0) is 29.3 Å². The maximum absolute atomic E-state index is 13.5. The quantitative estimate of drug-likeness (QED) is 0.261. The molecule has 0 amide bonds. The van der Waals surface area contributed by atoms with Gasteiger partial charge in [-0.15, -0.1) is 0 Å². The number of carboxylic acid groups (broad SMARTS) is 1. The molecular formula is C27H23ClFN5O2. The van der Waals surface area contributed by atoms with Gasteiger partial charge < -0.3 is 10.1 Å². The number of benzene rings is 3. The van der Waals surface area contributed by atoms with Gasteiger partial charge in [-0.2, -0.15) is 15.0 Å². The average molecular weight is 504 g/mol. The first-order valence-corrected chi connectivity index (χ1v) is 11.8. The Morgan fingerprint density at radius 3 is 2.61 bits per heavy atom. The van der Waals surface area contributed by atoms with Crippen LogP contribution in [-0.2, 0) is 24.3 Å². The largest absolute Gasteiger partial charge is 0.480 e. The number of H-pyrrole nitrogens is 1. The molecule has 0 aliphatic rings. The second-order valence-corrected chi connectivity index (χ2v) is 8.87. The van der Waals surface area contributed by atoms with E-state index in [1.807, 2.05) is 60.8 Å². The predicted molar refractivity (Wildman–Crippen MR) is 136 cm³/mol. The molecule has 0 fully saturated rings. The number of aromatic amines is 1. The topological polar surface area (TPSA) is 95.8 Å². The first-order chi connectivity index (χ1) is 17.5. The van der Waals surface area contributed by atoms with Gasteiger partial charge in [0.2, 0.25) is 0 Å². The predicted octanol–water partition coefficient (Wildman–Crippen LogP) is 5.05. The van der Waals surface area contributed by atoms with E-state index in [1.165, 1.54) is 16.9 Å². The van der Waals surface area contributed by atoms with Crippen LogP contribution in [0.2, 0.25) is 5.02 Å². The Bertz CT molecular complexity index is 1520. The molecule has 0 aliphatic heterocycles. The summed E-state index contributed by atoms with van der Waals surface area (Å²) in [6.45, 7) is 0.442. The number of aliphatic carboxylic acids is 1. The first-order valence-electron chi connectivity index (χ1n) is 11.4. The zero-order chi connectivity index (χ0) is 25.1. The fourth-order valence-electron chi connectivity index (χ4n) is 4.18. The van der Waals surface area contributed by atoms with Gasteiger partial charge >= 0.3 is 5.97 Å². The van der Waals surface area contributed by atoms with E-state index in [0.717, 1.165) is 22.0 Å². The second-order valence-electron chi connectivity index (χ2n) is 8.46. The number of nitrogens with zero attached hydrogens (tertiary/aromatic N) is 3. The van der Waals surface area contributed by atoms with Crippen molar-refractivity contribution in [3.63, 3.8) is 0 Å². The Kier molecular flexibility index (Phi) is 6.79. The maximum atomic E-state index is 13.5.